The molecule has 0 amide bonds. The van der Waals surface area contributed by atoms with E-state index in [4.69, 9.17) is 0 Å². The molecular formula is C17H23F2NO. The number of ketones is 1. The van der Waals surface area contributed by atoms with Crippen molar-refractivity contribution in [3.63, 3.8) is 0 Å². The molecule has 116 valence electrons. The lowest BCUT2D eigenvalue weighted by atomic mass is 9.92. The Labute approximate surface area is 125 Å². The van der Waals surface area contributed by atoms with Gasteiger partial charge in [-0.3, -0.25) is 9.69 Å². The lowest BCUT2D eigenvalue weighted by Gasteiger charge is -2.37. The molecule has 0 radical (unpaired) electrons. The van der Waals surface area contributed by atoms with E-state index >= 15 is 0 Å². The maximum Gasteiger partial charge on any atom is 0.182 e. The highest BCUT2D eigenvalue weighted by atomic mass is 19.1. The van der Waals surface area contributed by atoms with Gasteiger partial charge in [-0.25, -0.2) is 8.78 Å². The number of carbonyl (C=O) groups excluding carboxylic acids is 1. The van der Waals surface area contributed by atoms with Gasteiger partial charge in [0, 0.05) is 12.1 Å². The smallest absolute Gasteiger partial charge is 0.182 e. The molecule has 1 fully saturated rings. The summed E-state index contributed by atoms with van der Waals surface area (Å²) in [5.41, 5.74) is -0.0156. The Morgan fingerprint density at radius 3 is 2.52 bits per heavy atom. The van der Waals surface area contributed by atoms with Crippen LogP contribution in [0, 0.1) is 11.6 Å². The average Bonchev–Trinajstić information content (AvgIpc) is 2.48. The molecule has 1 aromatic rings. The summed E-state index contributed by atoms with van der Waals surface area (Å²) in [6.07, 6.45) is 5.82. The number of hydrogen-bond donors (Lipinski definition) is 0. The Balaban J connectivity index is 2.15. The van der Waals surface area contributed by atoms with E-state index in [1.165, 1.54) is 25.3 Å². The van der Waals surface area contributed by atoms with Crippen molar-refractivity contribution >= 4 is 5.78 Å². The first-order valence-electron chi connectivity index (χ1n) is 7.79. The highest BCUT2D eigenvalue weighted by Crippen LogP contribution is 2.25. The Morgan fingerprint density at radius 1 is 1.29 bits per heavy atom. The van der Waals surface area contributed by atoms with Gasteiger partial charge in [0.15, 0.2) is 5.78 Å². The van der Waals surface area contributed by atoms with Gasteiger partial charge in [0.2, 0.25) is 0 Å². The lowest BCUT2D eigenvalue weighted by Crippen LogP contribution is -2.46. The molecule has 2 nitrogen and oxygen atoms in total. The Hall–Kier alpha value is -1.29. The van der Waals surface area contributed by atoms with Gasteiger partial charge >= 0.3 is 0 Å². The third-order valence-electron chi connectivity index (χ3n) is 4.48. The summed E-state index contributed by atoms with van der Waals surface area (Å²) < 4.78 is 26.8. The van der Waals surface area contributed by atoms with Gasteiger partial charge in [0.05, 0.1) is 11.6 Å². The van der Waals surface area contributed by atoms with Crippen molar-refractivity contribution in [2.24, 2.45) is 0 Å². The Bertz CT molecular complexity index is 498. The zero-order chi connectivity index (χ0) is 15.4. The van der Waals surface area contributed by atoms with E-state index in [0.29, 0.717) is 6.04 Å². The third kappa shape index (κ3) is 3.67. The van der Waals surface area contributed by atoms with Gasteiger partial charge in [-0.2, -0.15) is 0 Å². The Kier molecular flexibility index (Phi) is 5.45. The van der Waals surface area contributed by atoms with Crippen LogP contribution in [0.3, 0.4) is 0 Å². The van der Waals surface area contributed by atoms with Crippen molar-refractivity contribution in [1.29, 1.82) is 0 Å². The van der Waals surface area contributed by atoms with Crippen LogP contribution in [0.5, 0.6) is 0 Å². The molecule has 1 aliphatic rings. The van der Waals surface area contributed by atoms with Gasteiger partial charge < -0.3 is 0 Å². The molecule has 1 aromatic carbocycles. The van der Waals surface area contributed by atoms with Crippen molar-refractivity contribution in [2.75, 3.05) is 6.54 Å². The van der Waals surface area contributed by atoms with Crippen LogP contribution in [-0.2, 0) is 0 Å². The highest BCUT2D eigenvalue weighted by molar-refractivity contribution is 6.00. The summed E-state index contributed by atoms with van der Waals surface area (Å²) in [7, 11) is 0. The minimum absolute atomic E-state index is 0.0156. The summed E-state index contributed by atoms with van der Waals surface area (Å²) in [4.78, 5) is 14.7. The van der Waals surface area contributed by atoms with E-state index in [1.54, 1.807) is 0 Å². The van der Waals surface area contributed by atoms with Gasteiger partial charge in [0.1, 0.15) is 11.6 Å². The molecule has 1 unspecified atom stereocenters. The number of Topliss-reactive ketones (excluding diaryl/α,β-unsaturated/α-hetero) is 1. The van der Waals surface area contributed by atoms with E-state index in [0.717, 1.165) is 31.5 Å². The van der Waals surface area contributed by atoms with Crippen LogP contribution >= 0.6 is 0 Å². The zero-order valence-corrected chi connectivity index (χ0v) is 12.7. The number of likely N-dealkylation sites (N-methyl/N-ethyl adjacent to an activating group) is 1. The molecule has 21 heavy (non-hydrogen) atoms. The fourth-order valence-electron chi connectivity index (χ4n) is 3.33. The van der Waals surface area contributed by atoms with E-state index in [-0.39, 0.29) is 17.4 Å². The van der Waals surface area contributed by atoms with Gasteiger partial charge in [0.25, 0.3) is 0 Å². The molecule has 0 aliphatic heterocycles. The molecule has 0 heterocycles. The van der Waals surface area contributed by atoms with E-state index < -0.39 is 11.6 Å². The number of nitrogens with zero attached hydrogens (tertiary/aromatic N) is 1. The second-order valence-corrected chi connectivity index (χ2v) is 5.79. The summed E-state index contributed by atoms with van der Waals surface area (Å²) in [5, 5.41) is 0. The van der Waals surface area contributed by atoms with Crippen molar-refractivity contribution < 1.29 is 13.6 Å². The summed E-state index contributed by atoms with van der Waals surface area (Å²) in [6.45, 7) is 4.61. The summed E-state index contributed by atoms with van der Waals surface area (Å²) in [6, 6.07) is 3.18. The van der Waals surface area contributed by atoms with Crippen LogP contribution < -0.4 is 0 Å². The molecule has 0 spiro atoms. The second-order valence-electron chi connectivity index (χ2n) is 5.79. The minimum Gasteiger partial charge on any atom is -0.292 e. The molecule has 1 atom stereocenters. The van der Waals surface area contributed by atoms with Crippen molar-refractivity contribution in [3.8, 4) is 0 Å². The zero-order valence-electron chi connectivity index (χ0n) is 12.7. The number of hydrogen-bond acceptors (Lipinski definition) is 2. The van der Waals surface area contributed by atoms with Crippen molar-refractivity contribution in [2.45, 2.75) is 58.0 Å². The van der Waals surface area contributed by atoms with Crippen LogP contribution in [0.4, 0.5) is 8.78 Å². The summed E-state index contributed by atoms with van der Waals surface area (Å²) >= 11 is 0. The highest BCUT2D eigenvalue weighted by Gasteiger charge is 2.29. The van der Waals surface area contributed by atoms with Crippen LogP contribution in [0.2, 0.25) is 0 Å². The first kappa shape index (κ1) is 16.1. The first-order chi connectivity index (χ1) is 10.0. The maximum atomic E-state index is 13.8. The predicted molar refractivity (Wildman–Crippen MR) is 79.4 cm³/mol. The monoisotopic (exact) mass is 295 g/mol. The molecule has 1 saturated carbocycles. The van der Waals surface area contributed by atoms with E-state index in [9.17, 15) is 13.6 Å². The topological polar surface area (TPSA) is 20.3 Å². The number of rotatable bonds is 5. The number of halogens is 2. The second kappa shape index (κ2) is 7.12. The largest absolute Gasteiger partial charge is 0.292 e. The predicted octanol–water partition coefficient (Wildman–Crippen LogP) is 4.19. The Morgan fingerprint density at radius 2 is 1.95 bits per heavy atom. The fourth-order valence-corrected chi connectivity index (χ4v) is 3.33. The fraction of sp³-hybridized carbons (Fsp3) is 0.588. The van der Waals surface area contributed by atoms with Crippen LogP contribution in [-0.4, -0.2) is 29.3 Å². The molecule has 4 heteroatoms. The van der Waals surface area contributed by atoms with Gasteiger partial charge in [-0.05, 0) is 38.4 Å². The van der Waals surface area contributed by atoms with E-state index in [1.807, 2.05) is 13.8 Å². The van der Waals surface area contributed by atoms with Crippen LogP contribution in [0.15, 0.2) is 18.2 Å². The number of benzene rings is 1. The molecule has 2 rings (SSSR count). The van der Waals surface area contributed by atoms with Gasteiger partial charge in [-0.1, -0.05) is 26.2 Å². The third-order valence-corrected chi connectivity index (χ3v) is 4.48. The van der Waals surface area contributed by atoms with Crippen LogP contribution in [0.1, 0.15) is 56.3 Å². The van der Waals surface area contributed by atoms with Crippen molar-refractivity contribution in [3.05, 3.63) is 35.4 Å². The molecule has 0 aromatic heterocycles. The average molecular weight is 295 g/mol. The van der Waals surface area contributed by atoms with Crippen molar-refractivity contribution in [1.82, 2.24) is 4.90 Å². The molecule has 0 N–H and O–H groups in total. The number of carbonyl (C=O) groups is 1. The molecule has 0 saturated heterocycles. The SMILES string of the molecule is CCN(C1CCCCC1)C(C)C(=O)c1ccc(F)cc1F. The van der Waals surface area contributed by atoms with Gasteiger partial charge in [-0.15, -0.1) is 0 Å². The molecule has 1 aliphatic carbocycles. The maximum absolute atomic E-state index is 13.8. The first-order valence-corrected chi connectivity index (χ1v) is 7.79. The lowest BCUT2D eigenvalue weighted by molar-refractivity contribution is 0.0714. The molecular weight excluding hydrogens is 272 g/mol. The molecule has 0 bridgehead atoms. The minimum atomic E-state index is -0.772. The van der Waals surface area contributed by atoms with Crippen LogP contribution in [0.25, 0.3) is 0 Å². The quantitative estimate of drug-likeness (QED) is 0.759. The normalized spacial score (nSPS) is 18.0. The van der Waals surface area contributed by atoms with E-state index in [2.05, 4.69) is 4.90 Å². The summed E-state index contributed by atoms with van der Waals surface area (Å²) in [5.74, 6) is -1.69. The standard InChI is InChI=1S/C17H23F2NO/c1-3-20(14-7-5-4-6-8-14)12(2)17(21)15-10-9-13(18)11-16(15)19/h9-12,14H,3-8H2,1-2H3.